The molecule has 1 aliphatic heterocycles. The SMILES string of the molecule is O=C(CC1S/C(=N\N=C\c2ccc(-c3ccc(Cl)cc3)o2)NC1=O)Nc1ccc(Cl)cc1. The van der Waals surface area contributed by atoms with Crippen LogP contribution < -0.4 is 10.6 Å². The Morgan fingerprint density at radius 1 is 1.06 bits per heavy atom. The summed E-state index contributed by atoms with van der Waals surface area (Å²) < 4.78 is 5.72. The molecule has 1 aliphatic rings. The van der Waals surface area contributed by atoms with E-state index in [1.54, 1.807) is 42.5 Å². The third kappa shape index (κ3) is 5.79. The van der Waals surface area contributed by atoms with Crippen LogP contribution in [0.5, 0.6) is 0 Å². The van der Waals surface area contributed by atoms with Crippen LogP contribution in [0.3, 0.4) is 0 Å². The Labute approximate surface area is 197 Å². The molecule has 1 aromatic heterocycles. The monoisotopic (exact) mass is 486 g/mol. The van der Waals surface area contributed by atoms with E-state index in [-0.39, 0.29) is 18.2 Å². The molecule has 0 radical (unpaired) electrons. The third-order valence-corrected chi connectivity index (χ3v) is 5.94. The van der Waals surface area contributed by atoms with E-state index in [4.69, 9.17) is 27.6 Å². The molecule has 1 atom stereocenters. The van der Waals surface area contributed by atoms with E-state index in [2.05, 4.69) is 20.8 Å². The first kappa shape index (κ1) is 22.1. The summed E-state index contributed by atoms with van der Waals surface area (Å²) in [4.78, 5) is 24.4. The minimum absolute atomic E-state index is 0.00446. The summed E-state index contributed by atoms with van der Waals surface area (Å²) in [7, 11) is 0. The molecule has 3 aromatic rings. The summed E-state index contributed by atoms with van der Waals surface area (Å²) in [6.45, 7) is 0. The van der Waals surface area contributed by atoms with E-state index in [1.165, 1.54) is 6.21 Å². The second-order valence-electron chi connectivity index (χ2n) is 6.71. The van der Waals surface area contributed by atoms with Crippen molar-refractivity contribution < 1.29 is 14.0 Å². The number of carbonyl (C=O) groups is 2. The highest BCUT2D eigenvalue weighted by atomic mass is 35.5. The highest BCUT2D eigenvalue weighted by molar-refractivity contribution is 8.15. The van der Waals surface area contributed by atoms with Gasteiger partial charge in [-0.3, -0.25) is 9.59 Å². The molecule has 1 saturated heterocycles. The molecule has 2 amide bonds. The van der Waals surface area contributed by atoms with Crippen molar-refractivity contribution in [3.05, 3.63) is 76.5 Å². The number of benzene rings is 2. The lowest BCUT2D eigenvalue weighted by Crippen LogP contribution is -2.28. The number of rotatable bonds is 6. The fraction of sp³-hybridized carbons (Fsp3) is 0.0909. The number of hydrogen-bond acceptors (Lipinski definition) is 6. The Morgan fingerprint density at radius 2 is 1.75 bits per heavy atom. The maximum absolute atomic E-state index is 12.2. The molecule has 4 rings (SSSR count). The van der Waals surface area contributed by atoms with Crippen molar-refractivity contribution in [2.45, 2.75) is 11.7 Å². The lowest BCUT2D eigenvalue weighted by molar-refractivity contribution is -0.122. The van der Waals surface area contributed by atoms with Gasteiger partial charge < -0.3 is 15.1 Å². The van der Waals surface area contributed by atoms with Crippen LogP contribution in [0.25, 0.3) is 11.3 Å². The van der Waals surface area contributed by atoms with Crippen molar-refractivity contribution in [2.24, 2.45) is 10.2 Å². The van der Waals surface area contributed by atoms with E-state index < -0.39 is 5.25 Å². The number of nitrogens with zero attached hydrogens (tertiary/aromatic N) is 2. The summed E-state index contributed by atoms with van der Waals surface area (Å²) >= 11 is 12.9. The maximum atomic E-state index is 12.2. The quantitative estimate of drug-likeness (QED) is 0.369. The van der Waals surface area contributed by atoms with Crippen LogP contribution in [0.4, 0.5) is 5.69 Å². The van der Waals surface area contributed by atoms with E-state index in [0.29, 0.717) is 32.4 Å². The van der Waals surface area contributed by atoms with Gasteiger partial charge in [-0.1, -0.05) is 35.0 Å². The van der Waals surface area contributed by atoms with Crippen molar-refractivity contribution in [2.75, 3.05) is 5.32 Å². The summed E-state index contributed by atoms with van der Waals surface area (Å²) in [6.07, 6.45) is 1.45. The Morgan fingerprint density at radius 3 is 2.47 bits per heavy atom. The van der Waals surface area contributed by atoms with Crippen LogP contribution in [0.2, 0.25) is 10.0 Å². The number of furan rings is 1. The number of halogens is 2. The second-order valence-corrected chi connectivity index (χ2v) is 8.78. The van der Waals surface area contributed by atoms with Gasteiger partial charge in [-0.25, -0.2) is 0 Å². The van der Waals surface area contributed by atoms with Crippen molar-refractivity contribution >= 4 is 63.8 Å². The average Bonchev–Trinajstić information content (AvgIpc) is 3.37. The predicted octanol–water partition coefficient (Wildman–Crippen LogP) is 5.20. The van der Waals surface area contributed by atoms with Crippen LogP contribution in [-0.2, 0) is 9.59 Å². The molecule has 2 N–H and O–H groups in total. The number of thioether (sulfide) groups is 1. The Balaban J connectivity index is 1.32. The average molecular weight is 487 g/mol. The van der Waals surface area contributed by atoms with E-state index in [9.17, 15) is 9.59 Å². The lowest BCUT2D eigenvalue weighted by Gasteiger charge is -2.07. The minimum Gasteiger partial charge on any atom is -0.455 e. The van der Waals surface area contributed by atoms with Crippen molar-refractivity contribution in [3.63, 3.8) is 0 Å². The largest absolute Gasteiger partial charge is 0.455 e. The number of hydrogen-bond donors (Lipinski definition) is 2. The number of amidine groups is 1. The summed E-state index contributed by atoms with van der Waals surface area (Å²) in [5.74, 6) is 0.604. The van der Waals surface area contributed by atoms with Gasteiger partial charge in [0.1, 0.15) is 16.8 Å². The molecular weight excluding hydrogens is 471 g/mol. The molecule has 1 fully saturated rings. The fourth-order valence-electron chi connectivity index (χ4n) is 2.83. The zero-order valence-corrected chi connectivity index (χ0v) is 18.7. The number of anilines is 1. The van der Waals surface area contributed by atoms with Crippen LogP contribution >= 0.6 is 35.0 Å². The van der Waals surface area contributed by atoms with E-state index in [1.807, 2.05) is 18.2 Å². The maximum Gasteiger partial charge on any atom is 0.240 e. The summed E-state index contributed by atoms with van der Waals surface area (Å²) in [6, 6.07) is 17.6. The standard InChI is InChI=1S/C22H16Cl2N4O3S/c23-14-3-1-13(2-4-14)18-10-9-17(31-18)12-25-28-22-27-21(30)19(32-22)11-20(29)26-16-7-5-15(24)6-8-16/h1-10,12,19H,11H2,(H,26,29)(H,27,28,30)/b25-12+. The first-order chi connectivity index (χ1) is 15.5. The molecule has 162 valence electrons. The van der Waals surface area contributed by atoms with Gasteiger partial charge in [0.05, 0.1) is 6.21 Å². The zero-order valence-electron chi connectivity index (χ0n) is 16.4. The third-order valence-electron chi connectivity index (χ3n) is 4.36. The van der Waals surface area contributed by atoms with Gasteiger partial charge in [0.2, 0.25) is 11.8 Å². The van der Waals surface area contributed by atoms with Gasteiger partial charge in [-0.15, -0.1) is 5.10 Å². The first-order valence-corrected chi connectivity index (χ1v) is 11.1. The van der Waals surface area contributed by atoms with Gasteiger partial charge in [-0.05, 0) is 60.7 Å². The topological polar surface area (TPSA) is 96.1 Å². The normalized spacial score (nSPS) is 17.1. The second kappa shape index (κ2) is 10.0. The predicted molar refractivity (Wildman–Crippen MR) is 128 cm³/mol. The molecule has 1 unspecified atom stereocenters. The molecule has 0 saturated carbocycles. The highest BCUT2D eigenvalue weighted by Gasteiger charge is 2.32. The number of nitrogens with one attached hydrogen (secondary N) is 2. The molecule has 0 spiro atoms. The Hall–Kier alpha value is -3.07. The highest BCUT2D eigenvalue weighted by Crippen LogP contribution is 2.25. The van der Waals surface area contributed by atoms with Crippen molar-refractivity contribution in [1.82, 2.24) is 5.32 Å². The molecular formula is C22H16Cl2N4O3S. The van der Waals surface area contributed by atoms with Gasteiger partial charge in [0.15, 0.2) is 5.17 Å². The number of carbonyl (C=O) groups excluding carboxylic acids is 2. The lowest BCUT2D eigenvalue weighted by atomic mass is 10.2. The van der Waals surface area contributed by atoms with E-state index in [0.717, 1.165) is 17.3 Å². The number of amides is 2. The van der Waals surface area contributed by atoms with Crippen LogP contribution in [0, 0.1) is 0 Å². The molecule has 0 aliphatic carbocycles. The van der Waals surface area contributed by atoms with Crippen LogP contribution in [0.1, 0.15) is 12.2 Å². The summed E-state index contributed by atoms with van der Waals surface area (Å²) in [5.41, 5.74) is 1.50. The molecule has 2 aromatic carbocycles. The first-order valence-electron chi connectivity index (χ1n) is 9.46. The van der Waals surface area contributed by atoms with Crippen LogP contribution in [0.15, 0.2) is 75.3 Å². The molecule has 7 nitrogen and oxygen atoms in total. The molecule has 0 bridgehead atoms. The van der Waals surface area contributed by atoms with Gasteiger partial charge in [0.25, 0.3) is 0 Å². The summed E-state index contributed by atoms with van der Waals surface area (Å²) in [5, 5.41) is 14.3. The van der Waals surface area contributed by atoms with Crippen molar-refractivity contribution in [1.29, 1.82) is 0 Å². The Kier molecular flexibility index (Phi) is 6.94. The Bertz CT molecular complexity index is 1190. The molecule has 32 heavy (non-hydrogen) atoms. The zero-order chi connectivity index (χ0) is 22.5. The van der Waals surface area contributed by atoms with Gasteiger partial charge in [0, 0.05) is 27.7 Å². The molecule has 2 heterocycles. The smallest absolute Gasteiger partial charge is 0.240 e. The molecule has 10 heteroatoms. The van der Waals surface area contributed by atoms with Gasteiger partial charge >= 0.3 is 0 Å². The minimum atomic E-state index is -0.587. The van der Waals surface area contributed by atoms with Gasteiger partial charge in [-0.2, -0.15) is 5.10 Å². The van der Waals surface area contributed by atoms with Crippen molar-refractivity contribution in [3.8, 4) is 11.3 Å². The fourth-order valence-corrected chi connectivity index (χ4v) is 4.01. The van der Waals surface area contributed by atoms with E-state index >= 15 is 0 Å². The van der Waals surface area contributed by atoms with Crippen LogP contribution in [-0.4, -0.2) is 28.4 Å².